The van der Waals surface area contributed by atoms with E-state index in [0.29, 0.717) is 6.54 Å². The van der Waals surface area contributed by atoms with Gasteiger partial charge in [0.05, 0.1) is 6.61 Å². The summed E-state index contributed by atoms with van der Waals surface area (Å²) < 4.78 is 0. The van der Waals surface area contributed by atoms with Gasteiger partial charge in [0.25, 0.3) is 0 Å². The Hall–Kier alpha value is -1.06. The fourth-order valence-corrected chi connectivity index (χ4v) is 1.40. The van der Waals surface area contributed by atoms with Crippen molar-refractivity contribution in [3.8, 4) is 0 Å². The van der Waals surface area contributed by atoms with Crippen molar-refractivity contribution in [3.05, 3.63) is 29.8 Å². The molecular formula is C13H22N2O. The molecule has 0 amide bonds. The van der Waals surface area contributed by atoms with Crippen LogP contribution < -0.4 is 11.1 Å². The van der Waals surface area contributed by atoms with Gasteiger partial charge in [-0.3, -0.25) is 0 Å². The van der Waals surface area contributed by atoms with Crippen LogP contribution in [0.3, 0.4) is 0 Å². The number of anilines is 1. The number of nitrogens with one attached hydrogen (secondary N) is 1. The van der Waals surface area contributed by atoms with E-state index in [1.807, 2.05) is 12.1 Å². The molecule has 0 fully saturated rings. The zero-order valence-electron chi connectivity index (χ0n) is 10.3. The minimum Gasteiger partial charge on any atom is -0.395 e. The largest absolute Gasteiger partial charge is 0.395 e. The van der Waals surface area contributed by atoms with E-state index in [9.17, 15) is 0 Å². The highest BCUT2D eigenvalue weighted by molar-refractivity contribution is 5.45. The van der Waals surface area contributed by atoms with E-state index in [1.165, 1.54) is 5.56 Å². The molecule has 1 aromatic rings. The maximum absolute atomic E-state index is 8.80. The molecule has 1 unspecified atom stereocenters. The molecule has 0 aliphatic heterocycles. The molecule has 90 valence electrons. The molecule has 16 heavy (non-hydrogen) atoms. The standard InChI is InChI=1S/C13H22N2O/c1-13(2,3)10-4-6-12(7-5-10)15-8-11(14)9-16/h4-7,11,15-16H,8-9,14H2,1-3H3. The third-order valence-corrected chi connectivity index (χ3v) is 2.55. The normalized spacial score (nSPS) is 13.6. The highest BCUT2D eigenvalue weighted by atomic mass is 16.3. The van der Waals surface area contributed by atoms with Gasteiger partial charge in [0.15, 0.2) is 0 Å². The average Bonchev–Trinajstić information content (AvgIpc) is 2.25. The van der Waals surface area contributed by atoms with E-state index < -0.39 is 0 Å². The van der Waals surface area contributed by atoms with Gasteiger partial charge in [-0.25, -0.2) is 0 Å². The van der Waals surface area contributed by atoms with Crippen LogP contribution in [0, 0.1) is 0 Å². The Balaban J connectivity index is 2.58. The van der Waals surface area contributed by atoms with Crippen molar-refractivity contribution in [3.63, 3.8) is 0 Å². The summed E-state index contributed by atoms with van der Waals surface area (Å²) in [5.41, 5.74) is 8.14. The lowest BCUT2D eigenvalue weighted by Gasteiger charge is -2.19. The van der Waals surface area contributed by atoms with Crippen molar-refractivity contribution >= 4 is 5.69 Å². The first-order valence-electron chi connectivity index (χ1n) is 5.64. The Labute approximate surface area is 97.7 Å². The Bertz CT molecular complexity index is 314. The maximum atomic E-state index is 8.80. The first-order chi connectivity index (χ1) is 7.43. The maximum Gasteiger partial charge on any atom is 0.0599 e. The predicted octanol–water partition coefficient (Wildman–Crippen LogP) is 1.72. The molecule has 0 aliphatic rings. The van der Waals surface area contributed by atoms with Crippen LogP contribution in [0.5, 0.6) is 0 Å². The smallest absolute Gasteiger partial charge is 0.0599 e. The Morgan fingerprint density at radius 3 is 2.25 bits per heavy atom. The first kappa shape index (κ1) is 13.0. The Kier molecular flexibility index (Phi) is 4.33. The van der Waals surface area contributed by atoms with E-state index in [4.69, 9.17) is 10.8 Å². The number of aliphatic hydroxyl groups excluding tert-OH is 1. The molecule has 3 heteroatoms. The second-order valence-electron chi connectivity index (χ2n) is 5.15. The molecule has 0 spiro atoms. The lowest BCUT2D eigenvalue weighted by molar-refractivity contribution is 0.270. The van der Waals surface area contributed by atoms with E-state index >= 15 is 0 Å². The van der Waals surface area contributed by atoms with Crippen molar-refractivity contribution in [1.29, 1.82) is 0 Å². The summed E-state index contributed by atoms with van der Waals surface area (Å²) in [4.78, 5) is 0. The van der Waals surface area contributed by atoms with Crippen LogP contribution in [0.15, 0.2) is 24.3 Å². The van der Waals surface area contributed by atoms with Gasteiger partial charge in [0, 0.05) is 18.3 Å². The first-order valence-corrected chi connectivity index (χ1v) is 5.64. The van der Waals surface area contributed by atoms with Crippen LogP contribution in [0.1, 0.15) is 26.3 Å². The van der Waals surface area contributed by atoms with Crippen molar-refractivity contribution in [1.82, 2.24) is 0 Å². The van der Waals surface area contributed by atoms with Crippen molar-refractivity contribution < 1.29 is 5.11 Å². The van der Waals surface area contributed by atoms with Gasteiger partial charge in [-0.15, -0.1) is 0 Å². The number of aliphatic hydroxyl groups is 1. The molecule has 0 radical (unpaired) electrons. The minimum atomic E-state index is -0.206. The predicted molar refractivity (Wildman–Crippen MR) is 68.7 cm³/mol. The fraction of sp³-hybridized carbons (Fsp3) is 0.538. The van der Waals surface area contributed by atoms with E-state index in [-0.39, 0.29) is 18.1 Å². The SMILES string of the molecule is CC(C)(C)c1ccc(NCC(N)CO)cc1. The highest BCUT2D eigenvalue weighted by Gasteiger charge is 2.12. The molecule has 1 atom stereocenters. The van der Waals surface area contributed by atoms with E-state index in [0.717, 1.165) is 5.69 Å². The monoisotopic (exact) mass is 222 g/mol. The number of nitrogens with two attached hydrogens (primary N) is 1. The average molecular weight is 222 g/mol. The number of hydrogen-bond donors (Lipinski definition) is 3. The van der Waals surface area contributed by atoms with Crippen LogP contribution >= 0.6 is 0 Å². The van der Waals surface area contributed by atoms with Crippen molar-refractivity contribution in [2.24, 2.45) is 5.73 Å². The van der Waals surface area contributed by atoms with Gasteiger partial charge in [-0.2, -0.15) is 0 Å². The molecule has 3 nitrogen and oxygen atoms in total. The topological polar surface area (TPSA) is 58.3 Å². The summed E-state index contributed by atoms with van der Waals surface area (Å²) in [6.45, 7) is 7.17. The van der Waals surface area contributed by atoms with Gasteiger partial charge in [0.2, 0.25) is 0 Å². The Morgan fingerprint density at radius 2 is 1.81 bits per heavy atom. The zero-order valence-corrected chi connectivity index (χ0v) is 10.3. The van der Waals surface area contributed by atoms with Crippen LogP contribution in [0.2, 0.25) is 0 Å². The molecule has 0 saturated carbocycles. The molecule has 0 heterocycles. The van der Waals surface area contributed by atoms with Gasteiger partial charge >= 0.3 is 0 Å². The van der Waals surface area contributed by atoms with Crippen LogP contribution in [0.4, 0.5) is 5.69 Å². The van der Waals surface area contributed by atoms with Crippen molar-refractivity contribution in [2.45, 2.75) is 32.2 Å². The van der Waals surface area contributed by atoms with Crippen LogP contribution in [0.25, 0.3) is 0 Å². The highest BCUT2D eigenvalue weighted by Crippen LogP contribution is 2.23. The summed E-state index contributed by atoms with van der Waals surface area (Å²) in [6.07, 6.45) is 0. The third kappa shape index (κ3) is 3.83. The van der Waals surface area contributed by atoms with E-state index in [1.54, 1.807) is 0 Å². The summed E-state index contributed by atoms with van der Waals surface area (Å²) >= 11 is 0. The fourth-order valence-electron chi connectivity index (χ4n) is 1.40. The quantitative estimate of drug-likeness (QED) is 0.727. The van der Waals surface area contributed by atoms with Gasteiger partial charge < -0.3 is 16.2 Å². The molecule has 1 rings (SSSR count). The van der Waals surface area contributed by atoms with Crippen molar-refractivity contribution in [2.75, 3.05) is 18.5 Å². The Morgan fingerprint density at radius 1 is 1.25 bits per heavy atom. The van der Waals surface area contributed by atoms with Crippen LogP contribution in [-0.4, -0.2) is 24.3 Å². The molecule has 0 aliphatic carbocycles. The summed E-state index contributed by atoms with van der Waals surface area (Å²) in [5, 5.41) is 12.0. The molecular weight excluding hydrogens is 200 g/mol. The molecule has 4 N–H and O–H groups in total. The van der Waals surface area contributed by atoms with Crippen LogP contribution in [-0.2, 0) is 5.41 Å². The molecule has 0 aromatic heterocycles. The second kappa shape index (κ2) is 5.32. The molecule has 0 saturated heterocycles. The number of benzene rings is 1. The molecule has 1 aromatic carbocycles. The van der Waals surface area contributed by atoms with Gasteiger partial charge in [-0.05, 0) is 23.1 Å². The number of rotatable bonds is 4. The third-order valence-electron chi connectivity index (χ3n) is 2.55. The minimum absolute atomic E-state index is 0.00702. The lowest BCUT2D eigenvalue weighted by Crippen LogP contribution is -2.32. The number of hydrogen-bond acceptors (Lipinski definition) is 3. The van der Waals surface area contributed by atoms with Gasteiger partial charge in [-0.1, -0.05) is 32.9 Å². The second-order valence-corrected chi connectivity index (χ2v) is 5.15. The summed E-state index contributed by atoms with van der Waals surface area (Å²) in [6, 6.07) is 8.12. The molecule has 0 bridgehead atoms. The summed E-state index contributed by atoms with van der Waals surface area (Å²) in [7, 11) is 0. The lowest BCUT2D eigenvalue weighted by atomic mass is 9.87. The van der Waals surface area contributed by atoms with Gasteiger partial charge in [0.1, 0.15) is 0 Å². The van der Waals surface area contributed by atoms with E-state index in [2.05, 4.69) is 38.2 Å². The summed E-state index contributed by atoms with van der Waals surface area (Å²) in [5.74, 6) is 0. The zero-order chi connectivity index (χ0) is 12.2.